The molecule has 8 heteroatoms. The van der Waals surface area contributed by atoms with Crippen LogP contribution in [0.2, 0.25) is 0 Å². The molecule has 0 aromatic heterocycles. The fraction of sp³-hybridized carbons (Fsp3) is 0. The molecular formula is C11H9N3O5. The van der Waals surface area contributed by atoms with E-state index in [4.69, 9.17) is 5.11 Å². The van der Waals surface area contributed by atoms with E-state index >= 15 is 0 Å². The number of carboxylic acid groups (broad SMARTS) is 1. The highest BCUT2D eigenvalue weighted by atomic mass is 16.6. The molecule has 0 bridgehead atoms. The maximum atomic E-state index is 11.0. The third-order valence-electron chi connectivity index (χ3n) is 1.85. The minimum Gasteiger partial charge on any atom is -0.478 e. The van der Waals surface area contributed by atoms with Gasteiger partial charge in [-0.3, -0.25) is 14.9 Å². The minimum atomic E-state index is -1.25. The zero-order valence-corrected chi connectivity index (χ0v) is 9.52. The van der Waals surface area contributed by atoms with Gasteiger partial charge in [0.05, 0.1) is 11.1 Å². The molecule has 1 aromatic carbocycles. The van der Waals surface area contributed by atoms with Crippen LogP contribution < -0.4 is 5.43 Å². The van der Waals surface area contributed by atoms with Crippen LogP contribution >= 0.6 is 0 Å². The van der Waals surface area contributed by atoms with E-state index in [1.54, 1.807) is 6.07 Å². The lowest BCUT2D eigenvalue weighted by atomic mass is 10.2. The topological polar surface area (TPSA) is 122 Å². The van der Waals surface area contributed by atoms with Crippen molar-refractivity contribution in [3.05, 3.63) is 52.1 Å². The Bertz CT molecular complexity index is 565. The summed E-state index contributed by atoms with van der Waals surface area (Å²) in [6.07, 6.45) is 2.67. The van der Waals surface area contributed by atoms with Gasteiger partial charge < -0.3 is 5.11 Å². The number of carboxylic acids is 1. The second-order valence-electron chi connectivity index (χ2n) is 3.26. The number of non-ortho nitro benzene ring substituents is 1. The van der Waals surface area contributed by atoms with Crippen molar-refractivity contribution >= 4 is 23.8 Å². The van der Waals surface area contributed by atoms with E-state index in [2.05, 4.69) is 5.10 Å². The number of rotatable bonds is 5. The van der Waals surface area contributed by atoms with Gasteiger partial charge in [-0.25, -0.2) is 10.2 Å². The Morgan fingerprint density at radius 3 is 2.74 bits per heavy atom. The Labute approximate surface area is 107 Å². The molecule has 0 saturated heterocycles. The molecule has 0 aliphatic carbocycles. The van der Waals surface area contributed by atoms with Gasteiger partial charge in [0.15, 0.2) is 0 Å². The number of hydrogen-bond acceptors (Lipinski definition) is 5. The lowest BCUT2D eigenvalue weighted by Crippen LogP contribution is -2.14. The first-order valence-corrected chi connectivity index (χ1v) is 4.97. The third-order valence-corrected chi connectivity index (χ3v) is 1.85. The Kier molecular flexibility index (Phi) is 4.91. The summed E-state index contributed by atoms with van der Waals surface area (Å²) < 4.78 is 0. The fourth-order valence-electron chi connectivity index (χ4n) is 1.07. The number of nitrogens with zero attached hydrogens (tertiary/aromatic N) is 2. The molecule has 0 aliphatic heterocycles. The summed E-state index contributed by atoms with van der Waals surface area (Å²) in [6.45, 7) is 0. The molecule has 0 radical (unpaired) electrons. The average molecular weight is 263 g/mol. The Morgan fingerprint density at radius 2 is 2.11 bits per heavy atom. The van der Waals surface area contributed by atoms with Crippen molar-refractivity contribution in [1.82, 2.24) is 5.43 Å². The van der Waals surface area contributed by atoms with Gasteiger partial charge in [0.2, 0.25) is 0 Å². The predicted molar refractivity (Wildman–Crippen MR) is 65.6 cm³/mol. The first kappa shape index (κ1) is 14.0. The van der Waals surface area contributed by atoms with Gasteiger partial charge in [-0.15, -0.1) is 0 Å². The van der Waals surface area contributed by atoms with Crippen LogP contribution in [-0.4, -0.2) is 28.1 Å². The quantitative estimate of drug-likeness (QED) is 0.350. The number of amides is 1. The van der Waals surface area contributed by atoms with E-state index in [-0.39, 0.29) is 5.69 Å². The first-order valence-electron chi connectivity index (χ1n) is 4.97. The van der Waals surface area contributed by atoms with Crippen molar-refractivity contribution in [3.63, 3.8) is 0 Å². The van der Waals surface area contributed by atoms with Crippen molar-refractivity contribution in [2.75, 3.05) is 0 Å². The van der Waals surface area contributed by atoms with E-state index in [9.17, 15) is 19.7 Å². The highest BCUT2D eigenvalue weighted by Crippen LogP contribution is 2.11. The molecule has 1 rings (SSSR count). The summed E-state index contributed by atoms with van der Waals surface area (Å²) in [6, 6.07) is 5.65. The Hall–Kier alpha value is -3.03. The van der Waals surface area contributed by atoms with Crippen molar-refractivity contribution in [1.29, 1.82) is 0 Å². The lowest BCUT2D eigenvalue weighted by Gasteiger charge is -1.94. The summed E-state index contributed by atoms with van der Waals surface area (Å²) in [5.74, 6) is -1.97. The number of carbonyl (C=O) groups excluding carboxylic acids is 1. The number of benzene rings is 1. The SMILES string of the molecule is O=C(O)/C=C/C(=O)N/N=C\c1cccc([N+](=O)[O-])c1. The van der Waals surface area contributed by atoms with Gasteiger partial charge in [-0.1, -0.05) is 12.1 Å². The maximum Gasteiger partial charge on any atom is 0.328 e. The molecule has 0 aliphatic rings. The molecule has 0 unspecified atom stereocenters. The number of aliphatic carboxylic acids is 1. The van der Waals surface area contributed by atoms with Gasteiger partial charge in [0.1, 0.15) is 0 Å². The van der Waals surface area contributed by atoms with E-state index in [1.807, 2.05) is 5.43 Å². The molecule has 1 amide bonds. The molecule has 0 saturated carbocycles. The summed E-state index contributed by atoms with van der Waals surface area (Å²) in [4.78, 5) is 31.1. The van der Waals surface area contributed by atoms with Crippen LogP contribution in [0.1, 0.15) is 5.56 Å². The monoisotopic (exact) mass is 263 g/mol. The number of nitro groups is 1. The van der Waals surface area contributed by atoms with Gasteiger partial charge in [0.25, 0.3) is 11.6 Å². The summed E-state index contributed by atoms with van der Waals surface area (Å²) >= 11 is 0. The fourth-order valence-corrected chi connectivity index (χ4v) is 1.07. The molecule has 0 spiro atoms. The normalized spacial score (nSPS) is 10.7. The minimum absolute atomic E-state index is 0.0963. The number of nitrogens with one attached hydrogen (secondary N) is 1. The van der Waals surface area contributed by atoms with Gasteiger partial charge in [-0.05, 0) is 0 Å². The van der Waals surface area contributed by atoms with E-state index in [0.29, 0.717) is 11.6 Å². The van der Waals surface area contributed by atoms with Crippen LogP contribution in [0.15, 0.2) is 41.5 Å². The number of hydrazone groups is 1. The van der Waals surface area contributed by atoms with Crippen molar-refractivity contribution < 1.29 is 19.6 Å². The van der Waals surface area contributed by atoms with Crippen molar-refractivity contribution in [3.8, 4) is 0 Å². The predicted octanol–water partition coefficient (Wildman–Crippen LogP) is 0.686. The van der Waals surface area contributed by atoms with E-state index in [0.717, 1.165) is 6.08 Å². The summed E-state index contributed by atoms with van der Waals surface area (Å²) in [7, 11) is 0. The zero-order chi connectivity index (χ0) is 14.3. The molecule has 0 heterocycles. The van der Waals surface area contributed by atoms with Crippen LogP contribution in [0.3, 0.4) is 0 Å². The largest absolute Gasteiger partial charge is 0.478 e. The summed E-state index contributed by atoms with van der Waals surface area (Å²) in [5.41, 5.74) is 2.38. The van der Waals surface area contributed by atoms with E-state index in [1.165, 1.54) is 24.4 Å². The molecule has 19 heavy (non-hydrogen) atoms. The number of carbonyl (C=O) groups is 2. The van der Waals surface area contributed by atoms with Crippen LogP contribution in [0.25, 0.3) is 0 Å². The highest BCUT2D eigenvalue weighted by Gasteiger charge is 2.03. The molecule has 8 nitrogen and oxygen atoms in total. The van der Waals surface area contributed by atoms with Crippen molar-refractivity contribution in [2.24, 2.45) is 5.10 Å². The highest BCUT2D eigenvalue weighted by molar-refractivity contribution is 5.94. The Balaban J connectivity index is 2.62. The van der Waals surface area contributed by atoms with E-state index < -0.39 is 16.8 Å². The van der Waals surface area contributed by atoms with Crippen molar-refractivity contribution in [2.45, 2.75) is 0 Å². The molecule has 2 N–H and O–H groups in total. The standard InChI is InChI=1S/C11H9N3O5/c15-10(4-5-11(16)17)13-12-7-8-2-1-3-9(6-8)14(18)19/h1-7H,(H,13,15)(H,16,17)/b5-4+,12-7-. The molecule has 1 aromatic rings. The van der Waals surface area contributed by atoms with Gasteiger partial charge in [-0.2, -0.15) is 5.10 Å². The zero-order valence-electron chi connectivity index (χ0n) is 9.52. The van der Waals surface area contributed by atoms with Gasteiger partial charge in [0, 0.05) is 29.8 Å². The molecular weight excluding hydrogens is 254 g/mol. The first-order chi connectivity index (χ1) is 8.99. The second kappa shape index (κ2) is 6.64. The summed E-state index contributed by atoms with van der Waals surface area (Å²) in [5, 5.41) is 22.3. The second-order valence-corrected chi connectivity index (χ2v) is 3.26. The van der Waals surface area contributed by atoms with Crippen LogP contribution in [0.4, 0.5) is 5.69 Å². The lowest BCUT2D eigenvalue weighted by molar-refractivity contribution is -0.384. The average Bonchev–Trinajstić information content (AvgIpc) is 2.36. The van der Waals surface area contributed by atoms with Gasteiger partial charge >= 0.3 is 5.97 Å². The van der Waals surface area contributed by atoms with Crippen LogP contribution in [-0.2, 0) is 9.59 Å². The third kappa shape index (κ3) is 5.22. The Morgan fingerprint density at radius 1 is 1.37 bits per heavy atom. The molecule has 0 atom stereocenters. The number of nitro benzene ring substituents is 1. The molecule has 0 fully saturated rings. The van der Waals surface area contributed by atoms with Crippen LogP contribution in [0, 0.1) is 10.1 Å². The smallest absolute Gasteiger partial charge is 0.328 e. The number of hydrogen-bond donors (Lipinski definition) is 2. The van der Waals surface area contributed by atoms with Crippen LogP contribution in [0.5, 0.6) is 0 Å². The molecule has 98 valence electrons. The maximum absolute atomic E-state index is 11.0.